The first-order valence-electron chi connectivity index (χ1n) is 13.9. The van der Waals surface area contributed by atoms with E-state index in [4.69, 9.17) is 23.7 Å². The number of ether oxygens (including phenoxy) is 5. The van der Waals surface area contributed by atoms with Crippen molar-refractivity contribution in [3.05, 3.63) is 76.9 Å². The molecule has 1 fully saturated rings. The Morgan fingerprint density at radius 2 is 1.66 bits per heavy atom. The second-order valence-electron chi connectivity index (χ2n) is 10.6. The zero-order valence-electron chi connectivity index (χ0n) is 22.7. The van der Waals surface area contributed by atoms with Crippen LogP contribution in [0.1, 0.15) is 60.0 Å². The van der Waals surface area contributed by atoms with Gasteiger partial charge >= 0.3 is 12.1 Å². The lowest BCUT2D eigenvalue weighted by molar-refractivity contribution is -0.141. The van der Waals surface area contributed by atoms with Crippen molar-refractivity contribution in [1.29, 1.82) is 0 Å². The van der Waals surface area contributed by atoms with E-state index in [9.17, 15) is 18.0 Å². The second-order valence-corrected chi connectivity index (χ2v) is 10.6. The maximum atomic E-state index is 14.2. The zero-order chi connectivity index (χ0) is 28.6. The molecule has 1 saturated heterocycles. The molecule has 0 N–H and O–H groups in total. The molecule has 0 bridgehead atoms. The predicted octanol–water partition coefficient (Wildman–Crippen LogP) is 7.04. The van der Waals surface area contributed by atoms with Crippen LogP contribution in [0.25, 0.3) is 11.1 Å². The van der Waals surface area contributed by atoms with Gasteiger partial charge in [-0.05, 0) is 59.4 Å². The Morgan fingerprint density at radius 1 is 0.927 bits per heavy atom. The molecule has 41 heavy (non-hydrogen) atoms. The number of fused-ring (bicyclic) bond motifs is 2. The molecule has 1 unspecified atom stereocenters. The average molecular weight is 569 g/mol. The molecule has 216 valence electrons. The van der Waals surface area contributed by atoms with Crippen molar-refractivity contribution in [1.82, 2.24) is 0 Å². The lowest BCUT2D eigenvalue weighted by atomic mass is 9.91. The maximum absolute atomic E-state index is 14.2. The standard InChI is InChI=1S/C32H31F3O6/c1-37-30(36)16-20-18-39-29-17-23(6-7-24(20)29)41-28-11-9-26-25(28)8-10-27(32(33,34)35)31(26)19-2-4-21(5-3-19)40-22-12-14-38-15-13-22/h2-8,10,17,20,22,28H,9,11-16,18H2,1H3/t20?,28-/m1/s1. The second kappa shape index (κ2) is 11.3. The molecule has 3 aliphatic rings. The van der Waals surface area contributed by atoms with Gasteiger partial charge in [-0.3, -0.25) is 4.79 Å². The third kappa shape index (κ3) is 5.73. The molecule has 9 heteroatoms. The van der Waals surface area contributed by atoms with Crippen LogP contribution in [0.3, 0.4) is 0 Å². The molecule has 2 aliphatic heterocycles. The smallest absolute Gasteiger partial charge is 0.417 e. The molecule has 0 radical (unpaired) electrons. The number of methoxy groups -OCH3 is 1. The highest BCUT2D eigenvalue weighted by molar-refractivity contribution is 5.75. The molecule has 2 heterocycles. The topological polar surface area (TPSA) is 63.2 Å². The van der Waals surface area contributed by atoms with E-state index < -0.39 is 17.8 Å². The highest BCUT2D eigenvalue weighted by Crippen LogP contribution is 2.47. The van der Waals surface area contributed by atoms with E-state index in [2.05, 4.69) is 0 Å². The number of hydrogen-bond donors (Lipinski definition) is 0. The van der Waals surface area contributed by atoms with Gasteiger partial charge in [0.1, 0.15) is 29.5 Å². The number of carbonyl (C=O) groups excluding carboxylic acids is 1. The third-order valence-corrected chi connectivity index (χ3v) is 8.06. The Labute approximate surface area is 236 Å². The van der Waals surface area contributed by atoms with Gasteiger partial charge in [-0.25, -0.2) is 0 Å². The Bertz CT molecular complexity index is 1410. The van der Waals surface area contributed by atoms with Gasteiger partial charge in [-0.1, -0.05) is 24.3 Å². The number of esters is 1. The van der Waals surface area contributed by atoms with Crippen LogP contribution in [0.4, 0.5) is 13.2 Å². The van der Waals surface area contributed by atoms with Crippen molar-refractivity contribution in [2.75, 3.05) is 26.9 Å². The maximum Gasteiger partial charge on any atom is 0.417 e. The van der Waals surface area contributed by atoms with Crippen molar-refractivity contribution in [2.45, 2.75) is 56.4 Å². The van der Waals surface area contributed by atoms with E-state index in [1.165, 1.54) is 13.2 Å². The number of benzene rings is 3. The van der Waals surface area contributed by atoms with Gasteiger partial charge in [0.2, 0.25) is 0 Å². The lowest BCUT2D eigenvalue weighted by Gasteiger charge is -2.23. The molecule has 3 aromatic carbocycles. The molecule has 1 aliphatic carbocycles. The molecule has 3 aromatic rings. The first-order chi connectivity index (χ1) is 19.8. The predicted molar refractivity (Wildman–Crippen MR) is 144 cm³/mol. The Balaban J connectivity index is 1.25. The summed E-state index contributed by atoms with van der Waals surface area (Å²) in [5.41, 5.74) is 2.35. The summed E-state index contributed by atoms with van der Waals surface area (Å²) in [5.74, 6) is 1.46. The van der Waals surface area contributed by atoms with Gasteiger partial charge < -0.3 is 23.7 Å². The van der Waals surface area contributed by atoms with Crippen LogP contribution in [0.5, 0.6) is 17.2 Å². The van der Waals surface area contributed by atoms with Crippen molar-refractivity contribution < 1.29 is 41.7 Å². The minimum Gasteiger partial charge on any atom is -0.492 e. The van der Waals surface area contributed by atoms with Crippen molar-refractivity contribution in [3.8, 4) is 28.4 Å². The SMILES string of the molecule is COC(=O)CC1COc2cc(O[C@@H]3CCc4c3ccc(C(F)(F)F)c4-c3ccc(OC4CCOCC4)cc3)ccc21. The molecular formula is C32H31F3O6. The first-order valence-corrected chi connectivity index (χ1v) is 13.9. The van der Waals surface area contributed by atoms with Crippen LogP contribution in [-0.2, 0) is 26.9 Å². The van der Waals surface area contributed by atoms with Gasteiger partial charge in [-0.15, -0.1) is 0 Å². The molecule has 6 rings (SSSR count). The summed E-state index contributed by atoms with van der Waals surface area (Å²) in [5, 5.41) is 0. The largest absolute Gasteiger partial charge is 0.492 e. The van der Waals surface area contributed by atoms with E-state index in [-0.39, 0.29) is 30.0 Å². The number of alkyl halides is 3. The fourth-order valence-corrected chi connectivity index (χ4v) is 5.99. The molecule has 0 amide bonds. The number of carbonyl (C=O) groups is 1. The summed E-state index contributed by atoms with van der Waals surface area (Å²) >= 11 is 0. The molecule has 0 spiro atoms. The Morgan fingerprint density at radius 3 is 2.39 bits per heavy atom. The van der Waals surface area contributed by atoms with Crippen LogP contribution >= 0.6 is 0 Å². The Kier molecular flexibility index (Phi) is 7.55. The number of rotatable bonds is 7. The average Bonchev–Trinajstić information content (AvgIpc) is 3.56. The number of hydrogen-bond acceptors (Lipinski definition) is 6. The summed E-state index contributed by atoms with van der Waals surface area (Å²) in [6.45, 7) is 1.67. The van der Waals surface area contributed by atoms with Gasteiger partial charge in [0.25, 0.3) is 0 Å². The number of halogens is 3. The summed E-state index contributed by atoms with van der Waals surface area (Å²) in [6.07, 6.45) is -2.03. The van der Waals surface area contributed by atoms with Crippen molar-refractivity contribution in [3.63, 3.8) is 0 Å². The van der Waals surface area contributed by atoms with Gasteiger partial charge in [0, 0.05) is 30.4 Å². The van der Waals surface area contributed by atoms with Crippen molar-refractivity contribution in [2.24, 2.45) is 0 Å². The van der Waals surface area contributed by atoms with Crippen LogP contribution in [0.2, 0.25) is 0 Å². The van der Waals surface area contributed by atoms with E-state index in [0.717, 1.165) is 30.0 Å². The van der Waals surface area contributed by atoms with Gasteiger partial charge in [0.15, 0.2) is 0 Å². The summed E-state index contributed by atoms with van der Waals surface area (Å²) < 4.78 is 70.8. The fourth-order valence-electron chi connectivity index (χ4n) is 5.99. The van der Waals surface area contributed by atoms with Crippen LogP contribution in [-0.4, -0.2) is 39.0 Å². The minimum atomic E-state index is -4.50. The summed E-state index contributed by atoms with van der Waals surface area (Å²) in [6, 6.07) is 15.1. The highest BCUT2D eigenvalue weighted by Gasteiger charge is 2.38. The normalized spacial score (nSPS) is 20.2. The zero-order valence-corrected chi connectivity index (χ0v) is 22.7. The lowest BCUT2D eigenvalue weighted by Crippen LogP contribution is -2.25. The van der Waals surface area contributed by atoms with E-state index >= 15 is 0 Å². The van der Waals surface area contributed by atoms with Gasteiger partial charge in [-0.2, -0.15) is 13.2 Å². The molecule has 2 atom stereocenters. The third-order valence-electron chi connectivity index (χ3n) is 8.06. The highest BCUT2D eigenvalue weighted by atomic mass is 19.4. The quantitative estimate of drug-likeness (QED) is 0.285. The van der Waals surface area contributed by atoms with E-state index in [0.29, 0.717) is 61.0 Å². The molecule has 6 nitrogen and oxygen atoms in total. The minimum absolute atomic E-state index is 0.0440. The Hall–Kier alpha value is -3.72. The summed E-state index contributed by atoms with van der Waals surface area (Å²) in [7, 11) is 1.36. The molecule has 0 aromatic heterocycles. The summed E-state index contributed by atoms with van der Waals surface area (Å²) in [4.78, 5) is 11.7. The van der Waals surface area contributed by atoms with Crippen LogP contribution in [0, 0.1) is 0 Å². The molecular weight excluding hydrogens is 537 g/mol. The van der Waals surface area contributed by atoms with Crippen LogP contribution in [0.15, 0.2) is 54.6 Å². The first kappa shape index (κ1) is 27.4. The van der Waals surface area contributed by atoms with Crippen LogP contribution < -0.4 is 14.2 Å². The fraction of sp³-hybridized carbons (Fsp3) is 0.406. The monoisotopic (exact) mass is 568 g/mol. The van der Waals surface area contributed by atoms with Crippen molar-refractivity contribution >= 4 is 5.97 Å². The van der Waals surface area contributed by atoms with E-state index in [1.807, 2.05) is 12.1 Å². The molecule has 0 saturated carbocycles. The van der Waals surface area contributed by atoms with E-state index in [1.54, 1.807) is 30.3 Å². The van der Waals surface area contributed by atoms with Gasteiger partial charge in [0.05, 0.1) is 38.9 Å².